The largest absolute Gasteiger partial charge is 0.467 e. The molecule has 0 aromatic heterocycles. The molecule has 1 aromatic rings. The molecule has 0 radical (unpaired) electrons. The van der Waals surface area contributed by atoms with Crippen LogP contribution in [0, 0.1) is 0 Å². The highest BCUT2D eigenvalue weighted by Gasteiger charge is 2.21. The van der Waals surface area contributed by atoms with E-state index < -0.39 is 6.10 Å². The zero-order chi connectivity index (χ0) is 26.6. The smallest absolute Gasteiger partial charge is 0.335 e. The van der Waals surface area contributed by atoms with Crippen molar-refractivity contribution < 1.29 is 33.3 Å². The second-order valence-corrected chi connectivity index (χ2v) is 9.66. The van der Waals surface area contributed by atoms with Gasteiger partial charge in [0.15, 0.2) is 12.4 Å². The van der Waals surface area contributed by atoms with E-state index in [-0.39, 0.29) is 18.2 Å². The van der Waals surface area contributed by atoms with Crippen LogP contribution in [0.25, 0.3) is 0 Å². The third-order valence-electron chi connectivity index (χ3n) is 6.67. The maximum atomic E-state index is 12.4. The number of hydrogen-bond donors (Lipinski definition) is 0. The van der Waals surface area contributed by atoms with Gasteiger partial charge in [-0.15, -0.1) is 0 Å². The van der Waals surface area contributed by atoms with Gasteiger partial charge in [-0.3, -0.25) is 4.79 Å². The summed E-state index contributed by atoms with van der Waals surface area (Å²) in [6, 6.07) is 8.31. The minimum absolute atomic E-state index is 0.00178. The van der Waals surface area contributed by atoms with E-state index >= 15 is 0 Å². The Labute approximate surface area is 223 Å². The molecule has 1 aromatic carbocycles. The molecule has 0 N–H and O–H groups in total. The van der Waals surface area contributed by atoms with Crippen molar-refractivity contribution in [3.8, 4) is 0 Å². The monoisotopic (exact) mass is 520 g/mol. The molecule has 2 atom stereocenters. The molecule has 37 heavy (non-hydrogen) atoms. The van der Waals surface area contributed by atoms with Crippen molar-refractivity contribution in [3.05, 3.63) is 35.4 Å². The van der Waals surface area contributed by atoms with Gasteiger partial charge in [-0.1, -0.05) is 49.9 Å². The Balaban J connectivity index is 1.66. The number of ether oxygens (including phenoxy) is 5. The molecule has 0 saturated carbocycles. The van der Waals surface area contributed by atoms with Crippen LogP contribution in [0.1, 0.15) is 95.1 Å². The number of hydrogen-bond acceptors (Lipinski definition) is 7. The summed E-state index contributed by atoms with van der Waals surface area (Å²) < 4.78 is 27.3. The Hall–Kier alpha value is -1.96. The number of methoxy groups -OCH3 is 1. The molecule has 210 valence electrons. The van der Waals surface area contributed by atoms with Crippen LogP contribution < -0.4 is 0 Å². The van der Waals surface area contributed by atoms with Crippen LogP contribution in [0.15, 0.2) is 24.3 Å². The second kappa shape index (κ2) is 20.1. The molecule has 1 saturated heterocycles. The first-order valence-electron chi connectivity index (χ1n) is 14.3. The van der Waals surface area contributed by atoms with Gasteiger partial charge >= 0.3 is 11.9 Å². The lowest BCUT2D eigenvalue weighted by molar-refractivity contribution is -0.162. The Bertz CT molecular complexity index is 745. The fourth-order valence-corrected chi connectivity index (χ4v) is 4.55. The molecule has 0 aliphatic carbocycles. The predicted octanol–water partition coefficient (Wildman–Crippen LogP) is 5.95. The molecular weight excluding hydrogens is 472 g/mol. The minimum Gasteiger partial charge on any atom is -0.467 e. The van der Waals surface area contributed by atoms with E-state index in [1.165, 1.54) is 19.1 Å². The standard InChI is InChI=1S/C30H48O7/c1-3-34-28(31)19-9-5-7-13-21-35-27(30(32)33-2)24-26-18-11-10-17-25(26)16-8-4-6-14-22-36-29-20-12-15-23-37-29/h10-11,17-18,27,29H,3-9,12-16,19-24H2,1-2H3. The molecule has 2 rings (SSSR count). The molecule has 0 spiro atoms. The lowest BCUT2D eigenvalue weighted by atomic mass is 9.97. The lowest BCUT2D eigenvalue weighted by Gasteiger charge is -2.22. The normalized spacial score (nSPS) is 16.3. The highest BCUT2D eigenvalue weighted by Crippen LogP contribution is 2.18. The number of rotatable bonds is 20. The van der Waals surface area contributed by atoms with Crippen LogP contribution in [0.4, 0.5) is 0 Å². The fourth-order valence-electron chi connectivity index (χ4n) is 4.55. The molecule has 1 fully saturated rings. The third-order valence-corrected chi connectivity index (χ3v) is 6.67. The number of aryl methyl sites for hydroxylation is 1. The van der Waals surface area contributed by atoms with E-state index in [9.17, 15) is 9.59 Å². The van der Waals surface area contributed by atoms with Crippen molar-refractivity contribution in [1.29, 1.82) is 0 Å². The number of unbranched alkanes of at least 4 members (excludes halogenated alkanes) is 6. The van der Waals surface area contributed by atoms with Gasteiger partial charge < -0.3 is 23.7 Å². The summed E-state index contributed by atoms with van der Waals surface area (Å²) >= 11 is 0. The molecule has 7 heteroatoms. The lowest BCUT2D eigenvalue weighted by Crippen LogP contribution is -2.29. The van der Waals surface area contributed by atoms with E-state index in [4.69, 9.17) is 23.7 Å². The van der Waals surface area contributed by atoms with Crippen molar-refractivity contribution in [1.82, 2.24) is 0 Å². The van der Waals surface area contributed by atoms with Gasteiger partial charge in [-0.25, -0.2) is 4.79 Å². The van der Waals surface area contributed by atoms with Gasteiger partial charge in [0.25, 0.3) is 0 Å². The molecular formula is C30H48O7. The summed E-state index contributed by atoms with van der Waals surface area (Å²) in [5.74, 6) is -0.471. The van der Waals surface area contributed by atoms with Crippen LogP contribution in [0.3, 0.4) is 0 Å². The van der Waals surface area contributed by atoms with Crippen LogP contribution in [0.5, 0.6) is 0 Å². The zero-order valence-corrected chi connectivity index (χ0v) is 23.0. The van der Waals surface area contributed by atoms with E-state index in [0.29, 0.717) is 26.1 Å². The molecule has 1 aliphatic heterocycles. The minimum atomic E-state index is -0.607. The molecule has 0 amide bonds. The summed E-state index contributed by atoms with van der Waals surface area (Å²) in [4.78, 5) is 23.8. The van der Waals surface area contributed by atoms with Crippen molar-refractivity contribution in [2.75, 3.05) is 33.5 Å². The van der Waals surface area contributed by atoms with Crippen molar-refractivity contribution >= 4 is 11.9 Å². The maximum Gasteiger partial charge on any atom is 0.335 e. The quantitative estimate of drug-likeness (QED) is 0.155. The fraction of sp³-hybridized carbons (Fsp3) is 0.733. The van der Waals surface area contributed by atoms with E-state index in [1.54, 1.807) is 0 Å². The molecule has 1 heterocycles. The SMILES string of the molecule is CCOC(=O)CCCCCCOC(Cc1ccccc1CCCCCCOC1CCCCO1)C(=O)OC. The Morgan fingerprint density at radius 1 is 0.946 bits per heavy atom. The Kier molecular flexibility index (Phi) is 16.9. The average molecular weight is 521 g/mol. The number of esters is 2. The number of carbonyl (C=O) groups is 2. The van der Waals surface area contributed by atoms with Gasteiger partial charge in [0.1, 0.15) is 0 Å². The summed E-state index contributed by atoms with van der Waals surface area (Å²) in [5.41, 5.74) is 2.41. The first-order chi connectivity index (χ1) is 18.1. The Morgan fingerprint density at radius 2 is 1.68 bits per heavy atom. The maximum absolute atomic E-state index is 12.4. The number of benzene rings is 1. The first-order valence-corrected chi connectivity index (χ1v) is 14.3. The summed E-state index contributed by atoms with van der Waals surface area (Å²) in [6.07, 6.45) is 12.7. The topological polar surface area (TPSA) is 80.3 Å². The van der Waals surface area contributed by atoms with E-state index in [0.717, 1.165) is 89.4 Å². The van der Waals surface area contributed by atoms with Crippen LogP contribution in [0.2, 0.25) is 0 Å². The molecule has 2 unspecified atom stereocenters. The van der Waals surface area contributed by atoms with E-state index in [1.807, 2.05) is 13.0 Å². The third kappa shape index (κ3) is 14.0. The van der Waals surface area contributed by atoms with Gasteiger partial charge in [0.05, 0.1) is 13.7 Å². The predicted molar refractivity (Wildman–Crippen MR) is 143 cm³/mol. The van der Waals surface area contributed by atoms with Crippen molar-refractivity contribution in [3.63, 3.8) is 0 Å². The highest BCUT2D eigenvalue weighted by molar-refractivity contribution is 5.75. The zero-order valence-electron chi connectivity index (χ0n) is 23.0. The molecule has 7 nitrogen and oxygen atoms in total. The van der Waals surface area contributed by atoms with Crippen LogP contribution in [-0.4, -0.2) is 57.9 Å². The van der Waals surface area contributed by atoms with Crippen molar-refractivity contribution in [2.45, 2.75) is 109 Å². The van der Waals surface area contributed by atoms with Crippen LogP contribution >= 0.6 is 0 Å². The second-order valence-electron chi connectivity index (χ2n) is 9.66. The summed E-state index contributed by atoms with van der Waals surface area (Å²) in [7, 11) is 1.41. The van der Waals surface area contributed by atoms with Gasteiger partial charge in [0, 0.05) is 32.7 Å². The molecule has 1 aliphatic rings. The number of carbonyl (C=O) groups excluding carboxylic acids is 2. The van der Waals surface area contributed by atoms with Gasteiger partial charge in [-0.05, 0) is 69.4 Å². The van der Waals surface area contributed by atoms with Crippen LogP contribution in [-0.2, 0) is 46.1 Å². The van der Waals surface area contributed by atoms with Gasteiger partial charge in [-0.2, -0.15) is 0 Å². The molecule has 0 bridgehead atoms. The van der Waals surface area contributed by atoms with Crippen molar-refractivity contribution in [2.24, 2.45) is 0 Å². The van der Waals surface area contributed by atoms with E-state index in [2.05, 4.69) is 18.2 Å². The highest BCUT2D eigenvalue weighted by atomic mass is 16.7. The first kappa shape index (κ1) is 31.3. The Morgan fingerprint density at radius 3 is 2.41 bits per heavy atom. The summed E-state index contributed by atoms with van der Waals surface area (Å²) in [5, 5.41) is 0. The summed E-state index contributed by atoms with van der Waals surface area (Å²) in [6.45, 7) is 4.33. The average Bonchev–Trinajstić information content (AvgIpc) is 2.92. The van der Waals surface area contributed by atoms with Gasteiger partial charge in [0.2, 0.25) is 0 Å².